The molecule has 0 radical (unpaired) electrons. The Morgan fingerprint density at radius 3 is 2.85 bits per heavy atom. The molecule has 2 rings (SSSR count). The minimum Gasteiger partial charge on any atom is -0.0844 e. The van der Waals surface area contributed by atoms with Crippen LogP contribution in [0.4, 0.5) is 0 Å². The normalized spacial score (nSPS) is 11.4. The van der Waals surface area contributed by atoms with Crippen molar-refractivity contribution in [3.63, 3.8) is 0 Å². The highest BCUT2D eigenvalue weighted by Crippen LogP contribution is 2.17. The van der Waals surface area contributed by atoms with Crippen LogP contribution < -0.4 is 4.74 Å². The molecule has 3 nitrogen and oxygen atoms in total. The summed E-state index contributed by atoms with van der Waals surface area (Å²) in [6, 6.07) is 6.21. The van der Waals surface area contributed by atoms with Gasteiger partial charge in [0.05, 0.1) is 0 Å². The summed E-state index contributed by atoms with van der Waals surface area (Å²) in [5.41, 5.74) is 3.27. The van der Waals surface area contributed by atoms with E-state index in [4.69, 9.17) is 4.63 Å². The Labute approximate surface area is 76.9 Å². The lowest BCUT2D eigenvalue weighted by Crippen LogP contribution is -2.24. The zero-order valence-corrected chi connectivity index (χ0v) is 8.11. The third-order valence-corrected chi connectivity index (χ3v) is 2.27. The molecular weight excluding hydrogens is 164 g/mol. The molecule has 0 bridgehead atoms. The Hall–Kier alpha value is -1.38. The molecule has 2 aromatic rings. The quantitative estimate of drug-likeness (QED) is 0.621. The maximum atomic E-state index is 5.02. The molecular formula is C10H13N2O+. The second-order valence-electron chi connectivity index (χ2n) is 3.57. The zero-order chi connectivity index (χ0) is 9.42. The van der Waals surface area contributed by atoms with Gasteiger partial charge in [-0.2, -0.15) is 0 Å². The van der Waals surface area contributed by atoms with E-state index < -0.39 is 0 Å². The summed E-state index contributed by atoms with van der Waals surface area (Å²) in [6.07, 6.45) is 0. The van der Waals surface area contributed by atoms with E-state index in [-0.39, 0.29) is 0 Å². The molecule has 3 heteroatoms. The highest BCUT2D eigenvalue weighted by atomic mass is 16.6. The summed E-state index contributed by atoms with van der Waals surface area (Å²) in [5.74, 6) is 0.541. The van der Waals surface area contributed by atoms with Crippen LogP contribution in [0.3, 0.4) is 0 Å². The first kappa shape index (κ1) is 8.23. The van der Waals surface area contributed by atoms with Gasteiger partial charge in [0.15, 0.2) is 5.16 Å². The topological polar surface area (TPSA) is 29.9 Å². The molecule has 1 aromatic carbocycles. The number of nitrogens with zero attached hydrogens (tertiary/aromatic N) is 2. The van der Waals surface area contributed by atoms with Crippen molar-refractivity contribution in [3.05, 3.63) is 23.8 Å². The number of hydrogen-bond donors (Lipinski definition) is 0. The van der Waals surface area contributed by atoms with Gasteiger partial charge in [-0.05, 0) is 23.6 Å². The van der Waals surface area contributed by atoms with Crippen molar-refractivity contribution < 1.29 is 9.37 Å². The van der Waals surface area contributed by atoms with E-state index in [0.29, 0.717) is 5.92 Å². The van der Waals surface area contributed by atoms with Crippen LogP contribution in [0, 0.1) is 0 Å². The van der Waals surface area contributed by atoms with E-state index in [1.165, 1.54) is 5.56 Å². The molecule has 0 saturated heterocycles. The van der Waals surface area contributed by atoms with Crippen LogP contribution in [-0.2, 0) is 7.05 Å². The van der Waals surface area contributed by atoms with Crippen molar-refractivity contribution in [3.8, 4) is 0 Å². The van der Waals surface area contributed by atoms with Gasteiger partial charge < -0.3 is 0 Å². The van der Waals surface area contributed by atoms with Gasteiger partial charge in [-0.3, -0.25) is 0 Å². The number of hydrogen-bond acceptors (Lipinski definition) is 2. The van der Waals surface area contributed by atoms with Gasteiger partial charge in [-0.15, -0.1) is 0 Å². The highest BCUT2D eigenvalue weighted by molar-refractivity contribution is 5.70. The number of fused-ring (bicyclic) bond motifs is 1. The largest absolute Gasteiger partial charge is 0.273 e. The smallest absolute Gasteiger partial charge is 0.0844 e. The Morgan fingerprint density at radius 2 is 2.15 bits per heavy atom. The predicted molar refractivity (Wildman–Crippen MR) is 49.3 cm³/mol. The van der Waals surface area contributed by atoms with Crippen LogP contribution in [-0.4, -0.2) is 5.16 Å². The molecule has 0 aliphatic rings. The van der Waals surface area contributed by atoms with Crippen LogP contribution in [0.15, 0.2) is 22.8 Å². The summed E-state index contributed by atoms with van der Waals surface area (Å²) in [6.45, 7) is 4.35. The van der Waals surface area contributed by atoms with Crippen LogP contribution in [0.1, 0.15) is 25.3 Å². The lowest BCUT2D eigenvalue weighted by Gasteiger charge is -2.01. The third-order valence-electron chi connectivity index (χ3n) is 2.27. The fraction of sp³-hybridized carbons (Fsp3) is 0.400. The maximum Gasteiger partial charge on any atom is 0.273 e. The standard InChI is InChI=1S/C10H13N2O/c1-7(2)8-4-5-9-10(6-8)12(3)13-11-9/h4-7H,1-3H3/q+1. The first-order valence-electron chi connectivity index (χ1n) is 4.44. The van der Waals surface area contributed by atoms with Gasteiger partial charge in [-0.25, -0.2) is 0 Å². The molecule has 0 aliphatic carbocycles. The number of benzene rings is 1. The molecule has 1 heterocycles. The molecule has 0 saturated carbocycles. The second kappa shape index (κ2) is 2.83. The Kier molecular flexibility index (Phi) is 1.79. The predicted octanol–water partition coefficient (Wildman–Crippen LogP) is 1.78. The minimum atomic E-state index is 0.541. The highest BCUT2D eigenvalue weighted by Gasteiger charge is 2.13. The van der Waals surface area contributed by atoms with Gasteiger partial charge in [-0.1, -0.05) is 29.3 Å². The van der Waals surface area contributed by atoms with Crippen LogP contribution >= 0.6 is 0 Å². The fourth-order valence-corrected chi connectivity index (χ4v) is 1.38. The van der Waals surface area contributed by atoms with Crippen molar-refractivity contribution in [2.24, 2.45) is 7.05 Å². The van der Waals surface area contributed by atoms with Crippen LogP contribution in [0.2, 0.25) is 0 Å². The maximum absolute atomic E-state index is 5.02. The molecule has 13 heavy (non-hydrogen) atoms. The Bertz CT molecular complexity index is 431. The van der Waals surface area contributed by atoms with E-state index >= 15 is 0 Å². The molecule has 0 N–H and O–H groups in total. The number of aromatic nitrogens is 2. The van der Waals surface area contributed by atoms with Crippen molar-refractivity contribution in [2.75, 3.05) is 0 Å². The van der Waals surface area contributed by atoms with Gasteiger partial charge in [0.25, 0.3) is 5.52 Å². The SMILES string of the molecule is CC(C)c1ccc2no[n+](C)c2c1. The first-order chi connectivity index (χ1) is 6.18. The number of rotatable bonds is 1. The van der Waals surface area contributed by atoms with Gasteiger partial charge in [0, 0.05) is 0 Å². The molecule has 1 aromatic heterocycles. The summed E-state index contributed by atoms with van der Waals surface area (Å²) in [5, 5.41) is 3.91. The molecule has 0 spiro atoms. The lowest BCUT2D eigenvalue weighted by molar-refractivity contribution is -0.834. The number of aryl methyl sites for hydroxylation is 1. The van der Waals surface area contributed by atoms with E-state index in [1.807, 2.05) is 13.1 Å². The van der Waals surface area contributed by atoms with E-state index in [2.05, 4.69) is 31.1 Å². The average molecular weight is 177 g/mol. The summed E-state index contributed by atoms with van der Waals surface area (Å²) in [7, 11) is 1.86. The van der Waals surface area contributed by atoms with Gasteiger partial charge in [0.2, 0.25) is 5.52 Å². The molecule has 0 aliphatic heterocycles. The fourth-order valence-electron chi connectivity index (χ4n) is 1.38. The Balaban J connectivity index is 2.66. The zero-order valence-electron chi connectivity index (χ0n) is 8.11. The van der Waals surface area contributed by atoms with Crippen molar-refractivity contribution in [2.45, 2.75) is 19.8 Å². The molecule has 68 valence electrons. The summed E-state index contributed by atoms with van der Waals surface area (Å²) >= 11 is 0. The van der Waals surface area contributed by atoms with Crippen molar-refractivity contribution in [1.29, 1.82) is 0 Å². The summed E-state index contributed by atoms with van der Waals surface area (Å²) < 4.78 is 6.70. The van der Waals surface area contributed by atoms with Gasteiger partial charge in [0.1, 0.15) is 7.05 Å². The van der Waals surface area contributed by atoms with Crippen molar-refractivity contribution in [1.82, 2.24) is 5.16 Å². The lowest BCUT2D eigenvalue weighted by atomic mass is 10.0. The van der Waals surface area contributed by atoms with E-state index in [1.54, 1.807) is 4.74 Å². The van der Waals surface area contributed by atoms with E-state index in [0.717, 1.165) is 11.0 Å². The molecule has 0 atom stereocenters. The van der Waals surface area contributed by atoms with Crippen molar-refractivity contribution >= 4 is 11.0 Å². The third kappa shape index (κ3) is 1.30. The minimum absolute atomic E-state index is 0.541. The van der Waals surface area contributed by atoms with E-state index in [9.17, 15) is 0 Å². The average Bonchev–Trinajstić information content (AvgIpc) is 2.47. The molecule has 0 fully saturated rings. The second-order valence-corrected chi connectivity index (χ2v) is 3.57. The summed E-state index contributed by atoms with van der Waals surface area (Å²) in [4.78, 5) is 0. The monoisotopic (exact) mass is 177 g/mol. The van der Waals surface area contributed by atoms with Crippen LogP contribution in [0.25, 0.3) is 11.0 Å². The molecule has 0 unspecified atom stereocenters. The van der Waals surface area contributed by atoms with Crippen LogP contribution in [0.5, 0.6) is 0 Å². The first-order valence-corrected chi connectivity index (χ1v) is 4.44. The van der Waals surface area contributed by atoms with Gasteiger partial charge >= 0.3 is 0 Å². The molecule has 0 amide bonds. The Morgan fingerprint density at radius 1 is 1.38 bits per heavy atom.